The number of hydrogen-bond acceptors (Lipinski definition) is 1. The second-order valence-electron chi connectivity index (χ2n) is 2.80. The molecule has 0 aromatic heterocycles. The summed E-state index contributed by atoms with van der Waals surface area (Å²) in [5, 5.41) is 0. The van der Waals surface area contributed by atoms with Crippen molar-refractivity contribution in [3.05, 3.63) is 35.1 Å². The van der Waals surface area contributed by atoms with Crippen molar-refractivity contribution in [2.45, 2.75) is 19.9 Å². The largest absolute Gasteiger partial charge is 0.324 e. The molecule has 1 aromatic carbocycles. The molecule has 1 atom stereocenters. The molecule has 0 saturated carbocycles. The van der Waals surface area contributed by atoms with Crippen LogP contribution in [0.3, 0.4) is 0 Å². The van der Waals surface area contributed by atoms with Crippen LogP contribution in [-0.4, -0.2) is 0 Å². The Balaban J connectivity index is 0.00000121. The molecular weight excluding hydrogens is 177 g/mol. The zero-order chi connectivity index (χ0) is 8.43. The van der Waals surface area contributed by atoms with Gasteiger partial charge in [-0.15, -0.1) is 12.4 Å². The van der Waals surface area contributed by atoms with Crippen molar-refractivity contribution < 1.29 is 4.39 Å². The zero-order valence-corrected chi connectivity index (χ0v) is 7.99. The lowest BCUT2D eigenvalue weighted by Gasteiger charge is -2.05. The highest BCUT2D eigenvalue weighted by Gasteiger charge is 2.01. The Morgan fingerprint density at radius 2 is 2.00 bits per heavy atom. The minimum atomic E-state index is -0.181. The first-order valence-electron chi connectivity index (χ1n) is 3.63. The summed E-state index contributed by atoms with van der Waals surface area (Å²) in [7, 11) is 0. The Morgan fingerprint density at radius 3 is 2.42 bits per heavy atom. The van der Waals surface area contributed by atoms with Gasteiger partial charge in [0.1, 0.15) is 5.82 Å². The number of benzene rings is 1. The van der Waals surface area contributed by atoms with Gasteiger partial charge in [0.15, 0.2) is 0 Å². The van der Waals surface area contributed by atoms with Crippen molar-refractivity contribution in [2.24, 2.45) is 5.73 Å². The maximum atomic E-state index is 12.9. The highest BCUT2D eigenvalue weighted by molar-refractivity contribution is 5.85. The van der Waals surface area contributed by atoms with Crippen molar-refractivity contribution >= 4 is 12.4 Å². The highest BCUT2D eigenvalue weighted by Crippen LogP contribution is 2.13. The van der Waals surface area contributed by atoms with Gasteiger partial charge in [-0.25, -0.2) is 4.39 Å². The van der Waals surface area contributed by atoms with Gasteiger partial charge in [-0.3, -0.25) is 0 Å². The van der Waals surface area contributed by atoms with Gasteiger partial charge in [-0.05, 0) is 31.0 Å². The number of nitrogens with two attached hydrogens (primary N) is 1. The maximum absolute atomic E-state index is 12.9. The third-order valence-corrected chi connectivity index (χ3v) is 1.72. The van der Waals surface area contributed by atoms with E-state index in [1.54, 1.807) is 13.0 Å². The van der Waals surface area contributed by atoms with Gasteiger partial charge in [0.05, 0.1) is 0 Å². The van der Waals surface area contributed by atoms with E-state index in [2.05, 4.69) is 0 Å². The normalized spacial score (nSPS) is 12.0. The monoisotopic (exact) mass is 189 g/mol. The van der Waals surface area contributed by atoms with Crippen LogP contribution in [0.1, 0.15) is 24.1 Å². The second kappa shape index (κ2) is 4.43. The van der Waals surface area contributed by atoms with E-state index in [1.807, 2.05) is 13.0 Å². The lowest BCUT2D eigenvalue weighted by molar-refractivity contribution is 0.613. The standard InChI is InChI=1S/C9H12FN.ClH/c1-6-3-4-8(7(2)11)5-9(6)10;/h3-5,7H,11H2,1-2H3;1H. The summed E-state index contributed by atoms with van der Waals surface area (Å²) in [5.74, 6) is -0.181. The molecule has 12 heavy (non-hydrogen) atoms. The van der Waals surface area contributed by atoms with Crippen LogP contribution in [0, 0.1) is 12.7 Å². The molecule has 0 saturated heterocycles. The molecule has 0 radical (unpaired) electrons. The first-order chi connectivity index (χ1) is 5.11. The summed E-state index contributed by atoms with van der Waals surface area (Å²) < 4.78 is 12.9. The molecule has 1 aromatic rings. The number of halogens is 2. The molecule has 1 rings (SSSR count). The Bertz CT molecular complexity index is 261. The van der Waals surface area contributed by atoms with Crippen LogP contribution in [0.4, 0.5) is 4.39 Å². The lowest BCUT2D eigenvalue weighted by Crippen LogP contribution is -2.05. The molecule has 2 N–H and O–H groups in total. The quantitative estimate of drug-likeness (QED) is 0.722. The van der Waals surface area contributed by atoms with Gasteiger partial charge in [0.2, 0.25) is 0 Å². The number of aryl methyl sites for hydroxylation is 1. The molecule has 0 spiro atoms. The van der Waals surface area contributed by atoms with Gasteiger partial charge < -0.3 is 5.73 Å². The van der Waals surface area contributed by atoms with Crippen LogP contribution in [0.25, 0.3) is 0 Å². The molecule has 0 amide bonds. The zero-order valence-electron chi connectivity index (χ0n) is 7.17. The summed E-state index contributed by atoms with van der Waals surface area (Å²) in [6.07, 6.45) is 0. The first kappa shape index (κ1) is 11.4. The smallest absolute Gasteiger partial charge is 0.126 e. The fourth-order valence-electron chi connectivity index (χ4n) is 0.892. The molecule has 0 aliphatic heterocycles. The molecule has 1 unspecified atom stereocenters. The van der Waals surface area contributed by atoms with Crippen molar-refractivity contribution in [2.75, 3.05) is 0 Å². The summed E-state index contributed by atoms with van der Waals surface area (Å²) >= 11 is 0. The fraction of sp³-hybridized carbons (Fsp3) is 0.333. The van der Waals surface area contributed by atoms with Crippen LogP contribution in [0.15, 0.2) is 18.2 Å². The van der Waals surface area contributed by atoms with E-state index in [0.29, 0.717) is 5.56 Å². The van der Waals surface area contributed by atoms with Crippen LogP contribution >= 0.6 is 12.4 Å². The molecule has 0 aliphatic carbocycles. The molecule has 1 nitrogen and oxygen atoms in total. The van der Waals surface area contributed by atoms with Crippen molar-refractivity contribution in [3.63, 3.8) is 0 Å². The summed E-state index contributed by atoms with van der Waals surface area (Å²) in [6.45, 7) is 3.57. The average molecular weight is 190 g/mol. The minimum Gasteiger partial charge on any atom is -0.324 e. The van der Waals surface area contributed by atoms with Crippen LogP contribution in [0.5, 0.6) is 0 Å². The van der Waals surface area contributed by atoms with Crippen LogP contribution < -0.4 is 5.73 Å². The van der Waals surface area contributed by atoms with E-state index in [0.717, 1.165) is 5.56 Å². The third kappa shape index (κ3) is 2.47. The third-order valence-electron chi connectivity index (χ3n) is 1.72. The average Bonchev–Trinajstić information content (AvgIpc) is 1.94. The van der Waals surface area contributed by atoms with E-state index in [-0.39, 0.29) is 24.3 Å². The van der Waals surface area contributed by atoms with E-state index in [4.69, 9.17) is 5.73 Å². The Hall–Kier alpha value is -0.600. The number of rotatable bonds is 1. The Morgan fingerprint density at radius 1 is 1.42 bits per heavy atom. The lowest BCUT2D eigenvalue weighted by atomic mass is 10.1. The molecule has 68 valence electrons. The van der Waals surface area contributed by atoms with Crippen molar-refractivity contribution in [1.82, 2.24) is 0 Å². The van der Waals surface area contributed by atoms with E-state index in [1.165, 1.54) is 6.07 Å². The molecule has 0 aliphatic rings. The second-order valence-corrected chi connectivity index (χ2v) is 2.80. The molecule has 0 bridgehead atoms. The first-order valence-corrected chi connectivity index (χ1v) is 3.63. The van der Waals surface area contributed by atoms with E-state index < -0.39 is 0 Å². The predicted molar refractivity (Wildman–Crippen MR) is 51.0 cm³/mol. The topological polar surface area (TPSA) is 26.0 Å². The Labute approximate surface area is 78.2 Å². The molecular formula is C9H13ClFN. The summed E-state index contributed by atoms with van der Waals surface area (Å²) in [5.41, 5.74) is 7.07. The van der Waals surface area contributed by atoms with E-state index in [9.17, 15) is 4.39 Å². The van der Waals surface area contributed by atoms with Crippen molar-refractivity contribution in [3.8, 4) is 0 Å². The van der Waals surface area contributed by atoms with Crippen LogP contribution in [-0.2, 0) is 0 Å². The Kier molecular flexibility index (Phi) is 4.21. The summed E-state index contributed by atoms with van der Waals surface area (Å²) in [6, 6.07) is 4.99. The molecule has 3 heteroatoms. The highest BCUT2D eigenvalue weighted by atomic mass is 35.5. The van der Waals surface area contributed by atoms with Crippen LogP contribution in [0.2, 0.25) is 0 Å². The van der Waals surface area contributed by atoms with Gasteiger partial charge in [0.25, 0.3) is 0 Å². The van der Waals surface area contributed by atoms with Gasteiger partial charge >= 0.3 is 0 Å². The summed E-state index contributed by atoms with van der Waals surface area (Å²) in [4.78, 5) is 0. The SMILES string of the molecule is Cc1ccc(C(C)N)cc1F.Cl. The molecule has 0 fully saturated rings. The van der Waals surface area contributed by atoms with Crippen molar-refractivity contribution in [1.29, 1.82) is 0 Å². The minimum absolute atomic E-state index is 0. The van der Waals surface area contributed by atoms with Gasteiger partial charge in [0, 0.05) is 6.04 Å². The molecule has 0 heterocycles. The predicted octanol–water partition coefficient (Wildman–Crippen LogP) is 2.58. The number of hydrogen-bond donors (Lipinski definition) is 1. The fourth-order valence-corrected chi connectivity index (χ4v) is 0.892. The van der Waals surface area contributed by atoms with E-state index >= 15 is 0 Å². The van der Waals surface area contributed by atoms with Gasteiger partial charge in [-0.2, -0.15) is 0 Å². The van der Waals surface area contributed by atoms with Gasteiger partial charge in [-0.1, -0.05) is 12.1 Å². The maximum Gasteiger partial charge on any atom is 0.126 e.